The molecule has 100 valence electrons. The van der Waals surface area contributed by atoms with Gasteiger partial charge < -0.3 is 5.32 Å². The average molecular weight is 266 g/mol. The van der Waals surface area contributed by atoms with E-state index >= 15 is 0 Å². The molecule has 2 heteroatoms. The van der Waals surface area contributed by atoms with E-state index in [2.05, 4.69) is 31.3 Å². The maximum absolute atomic E-state index is 5.94. The fraction of sp³-hybridized carbons (Fsp3) is 0.625. The Morgan fingerprint density at radius 1 is 1.22 bits per heavy atom. The Morgan fingerprint density at radius 2 is 1.89 bits per heavy atom. The van der Waals surface area contributed by atoms with Gasteiger partial charge in [0.15, 0.2) is 0 Å². The largest absolute Gasteiger partial charge is 0.309 e. The van der Waals surface area contributed by atoms with E-state index in [0.29, 0.717) is 11.5 Å². The topological polar surface area (TPSA) is 12.0 Å². The van der Waals surface area contributed by atoms with E-state index in [1.807, 2.05) is 12.1 Å². The number of nitrogens with one attached hydrogen (secondary N) is 1. The van der Waals surface area contributed by atoms with Gasteiger partial charge in [0.05, 0.1) is 0 Å². The predicted octanol–water partition coefficient (Wildman–Crippen LogP) is 4.96. The number of hydrogen-bond donors (Lipinski definition) is 1. The lowest BCUT2D eigenvalue weighted by Crippen LogP contribution is -2.28. The minimum absolute atomic E-state index is 0.469. The third kappa shape index (κ3) is 3.49. The van der Waals surface area contributed by atoms with Crippen LogP contribution in [0.15, 0.2) is 24.3 Å². The Labute approximate surface area is 116 Å². The molecular weight excluding hydrogens is 242 g/mol. The average Bonchev–Trinajstić information content (AvgIpc) is 3.13. The summed E-state index contributed by atoms with van der Waals surface area (Å²) in [6.45, 7) is 5.70. The minimum Gasteiger partial charge on any atom is -0.309 e. The summed E-state index contributed by atoms with van der Waals surface area (Å²) in [5, 5.41) is 4.57. The molecule has 1 aliphatic rings. The molecule has 0 radical (unpaired) electrons. The van der Waals surface area contributed by atoms with Crippen molar-refractivity contribution in [2.45, 2.75) is 52.0 Å². The zero-order chi connectivity index (χ0) is 13.0. The van der Waals surface area contributed by atoms with Gasteiger partial charge in [0.2, 0.25) is 0 Å². The lowest BCUT2D eigenvalue weighted by molar-refractivity contribution is 0.384. The predicted molar refractivity (Wildman–Crippen MR) is 79.1 cm³/mol. The van der Waals surface area contributed by atoms with Crippen LogP contribution in [0, 0.1) is 5.41 Å². The van der Waals surface area contributed by atoms with Crippen LogP contribution in [0.2, 0.25) is 5.02 Å². The molecule has 18 heavy (non-hydrogen) atoms. The van der Waals surface area contributed by atoms with Crippen molar-refractivity contribution in [1.29, 1.82) is 0 Å². The molecule has 0 bridgehead atoms. The van der Waals surface area contributed by atoms with Crippen molar-refractivity contribution in [3.8, 4) is 0 Å². The monoisotopic (exact) mass is 265 g/mol. The second-order valence-corrected chi connectivity index (χ2v) is 6.08. The SMILES string of the molecule is CCCC1(CNC(CC)c2ccc(Cl)cc2)CC1. The van der Waals surface area contributed by atoms with Gasteiger partial charge in [-0.15, -0.1) is 0 Å². The molecule has 1 atom stereocenters. The molecule has 1 nitrogen and oxygen atoms in total. The summed E-state index contributed by atoms with van der Waals surface area (Å²) in [6, 6.07) is 8.73. The van der Waals surface area contributed by atoms with Crippen LogP contribution >= 0.6 is 11.6 Å². The van der Waals surface area contributed by atoms with Gasteiger partial charge in [0, 0.05) is 17.6 Å². The fourth-order valence-corrected chi connectivity index (χ4v) is 2.88. The van der Waals surface area contributed by atoms with Gasteiger partial charge >= 0.3 is 0 Å². The number of halogens is 1. The molecule has 1 aromatic carbocycles. The lowest BCUT2D eigenvalue weighted by Gasteiger charge is -2.22. The lowest BCUT2D eigenvalue weighted by atomic mass is 9.98. The third-order valence-corrected chi connectivity index (χ3v) is 4.39. The standard InChI is InChI=1S/C16H24ClN/c1-3-9-16(10-11-16)12-18-15(4-2)13-5-7-14(17)8-6-13/h5-8,15,18H,3-4,9-12H2,1-2H3. The molecule has 1 aromatic rings. The Kier molecular flexibility index (Phi) is 4.69. The normalized spacial score (nSPS) is 18.6. The van der Waals surface area contributed by atoms with Crippen LogP contribution in [0.5, 0.6) is 0 Å². The number of rotatable bonds is 7. The van der Waals surface area contributed by atoms with E-state index in [1.165, 1.54) is 37.8 Å². The van der Waals surface area contributed by atoms with Gasteiger partial charge in [-0.25, -0.2) is 0 Å². The Morgan fingerprint density at radius 3 is 2.39 bits per heavy atom. The molecule has 0 aromatic heterocycles. The van der Waals surface area contributed by atoms with E-state index in [0.717, 1.165) is 11.4 Å². The van der Waals surface area contributed by atoms with Crippen molar-refractivity contribution < 1.29 is 0 Å². The summed E-state index contributed by atoms with van der Waals surface area (Å²) in [5.41, 5.74) is 1.98. The number of hydrogen-bond acceptors (Lipinski definition) is 1. The van der Waals surface area contributed by atoms with Crippen molar-refractivity contribution in [3.63, 3.8) is 0 Å². The smallest absolute Gasteiger partial charge is 0.0406 e. The van der Waals surface area contributed by atoms with Crippen molar-refractivity contribution in [3.05, 3.63) is 34.9 Å². The van der Waals surface area contributed by atoms with E-state index in [-0.39, 0.29) is 0 Å². The second kappa shape index (κ2) is 6.08. The molecule has 1 aliphatic carbocycles. The van der Waals surface area contributed by atoms with E-state index in [1.54, 1.807) is 0 Å². The minimum atomic E-state index is 0.469. The molecule has 1 N–H and O–H groups in total. The maximum atomic E-state index is 5.94. The summed E-state index contributed by atoms with van der Waals surface area (Å²) in [7, 11) is 0. The summed E-state index contributed by atoms with van der Waals surface area (Å²) >= 11 is 5.94. The molecule has 0 spiro atoms. The molecule has 1 saturated carbocycles. The summed E-state index contributed by atoms with van der Waals surface area (Å²) in [5.74, 6) is 0. The van der Waals surface area contributed by atoms with Gasteiger partial charge in [-0.1, -0.05) is 44.0 Å². The van der Waals surface area contributed by atoms with E-state index in [4.69, 9.17) is 11.6 Å². The first-order valence-electron chi connectivity index (χ1n) is 7.18. The van der Waals surface area contributed by atoms with E-state index < -0.39 is 0 Å². The van der Waals surface area contributed by atoms with E-state index in [9.17, 15) is 0 Å². The molecule has 1 unspecified atom stereocenters. The van der Waals surface area contributed by atoms with Crippen molar-refractivity contribution in [2.75, 3.05) is 6.54 Å². The first kappa shape index (κ1) is 13.9. The molecule has 0 aliphatic heterocycles. The first-order chi connectivity index (χ1) is 8.69. The van der Waals surface area contributed by atoms with Crippen LogP contribution in [0.3, 0.4) is 0 Å². The van der Waals surface area contributed by atoms with Gasteiger partial charge in [-0.3, -0.25) is 0 Å². The van der Waals surface area contributed by atoms with Gasteiger partial charge in [-0.05, 0) is 48.8 Å². The quantitative estimate of drug-likeness (QED) is 0.735. The fourth-order valence-electron chi connectivity index (χ4n) is 2.75. The van der Waals surface area contributed by atoms with Crippen molar-refractivity contribution in [2.24, 2.45) is 5.41 Å². The number of benzene rings is 1. The molecule has 1 fully saturated rings. The molecule has 2 rings (SSSR count). The van der Waals surface area contributed by atoms with Crippen molar-refractivity contribution >= 4 is 11.6 Å². The Balaban J connectivity index is 1.91. The highest BCUT2D eigenvalue weighted by Gasteiger charge is 2.41. The highest BCUT2D eigenvalue weighted by atomic mass is 35.5. The van der Waals surface area contributed by atoms with Crippen LogP contribution < -0.4 is 5.32 Å². The molecule has 0 amide bonds. The van der Waals surface area contributed by atoms with Crippen molar-refractivity contribution in [1.82, 2.24) is 5.32 Å². The molecular formula is C16H24ClN. The van der Waals surface area contributed by atoms with Crippen LogP contribution in [-0.4, -0.2) is 6.54 Å². The summed E-state index contributed by atoms with van der Waals surface area (Å²) in [4.78, 5) is 0. The zero-order valence-corrected chi connectivity index (χ0v) is 12.3. The van der Waals surface area contributed by atoms with Crippen LogP contribution in [0.4, 0.5) is 0 Å². The van der Waals surface area contributed by atoms with Gasteiger partial charge in [-0.2, -0.15) is 0 Å². The Bertz CT molecular complexity index is 367. The van der Waals surface area contributed by atoms with Gasteiger partial charge in [0.25, 0.3) is 0 Å². The zero-order valence-electron chi connectivity index (χ0n) is 11.5. The summed E-state index contributed by atoms with van der Waals surface area (Å²) in [6.07, 6.45) is 6.62. The second-order valence-electron chi connectivity index (χ2n) is 5.64. The summed E-state index contributed by atoms with van der Waals surface area (Å²) < 4.78 is 0. The highest BCUT2D eigenvalue weighted by molar-refractivity contribution is 6.30. The maximum Gasteiger partial charge on any atom is 0.0406 e. The van der Waals surface area contributed by atoms with Crippen LogP contribution in [0.25, 0.3) is 0 Å². The third-order valence-electron chi connectivity index (χ3n) is 4.14. The van der Waals surface area contributed by atoms with Gasteiger partial charge in [0.1, 0.15) is 0 Å². The van der Waals surface area contributed by atoms with Crippen LogP contribution in [0.1, 0.15) is 57.6 Å². The first-order valence-corrected chi connectivity index (χ1v) is 7.56. The molecule has 0 heterocycles. The highest BCUT2D eigenvalue weighted by Crippen LogP contribution is 2.49. The Hall–Kier alpha value is -0.530. The van der Waals surface area contributed by atoms with Crippen LogP contribution in [-0.2, 0) is 0 Å². The molecule has 0 saturated heterocycles.